The van der Waals surface area contributed by atoms with E-state index in [1.807, 2.05) is 54.9 Å². The fourth-order valence-corrected chi connectivity index (χ4v) is 13.3. The minimum Gasteiger partial charge on any atom is -0.457 e. The van der Waals surface area contributed by atoms with Gasteiger partial charge in [0.05, 0.1) is 44.1 Å². The fraction of sp³-hybridized carbons (Fsp3) is 0.0278. The van der Waals surface area contributed by atoms with Crippen LogP contribution in [0.1, 0.15) is 11.1 Å². The lowest BCUT2D eigenvalue weighted by Gasteiger charge is -2.22. The Balaban J connectivity index is 0.853. The largest absolute Gasteiger partial charge is 0.457 e. The van der Waals surface area contributed by atoms with Crippen molar-refractivity contribution in [2.45, 2.75) is 13.8 Å². The van der Waals surface area contributed by atoms with E-state index in [2.05, 4.69) is 238 Å². The Morgan fingerprint density at radius 2 is 0.662 bits per heavy atom. The summed E-state index contributed by atoms with van der Waals surface area (Å²) in [7, 11) is 0. The molecule has 0 aliphatic carbocycles. The third-order valence-corrected chi connectivity index (χ3v) is 16.5. The van der Waals surface area contributed by atoms with Crippen LogP contribution in [0.15, 0.2) is 261 Å². The predicted molar refractivity (Wildman–Crippen MR) is 333 cm³/mol. The molecule has 376 valence electrons. The average molecular weight is 1030 g/mol. The van der Waals surface area contributed by atoms with Gasteiger partial charge in [-0.15, -0.1) is 0 Å². The van der Waals surface area contributed by atoms with Crippen LogP contribution >= 0.6 is 0 Å². The highest BCUT2D eigenvalue weighted by Gasteiger charge is 2.28. The first-order chi connectivity index (χ1) is 39.6. The summed E-state index contributed by atoms with van der Waals surface area (Å²) in [5.41, 5.74) is 17.4. The van der Waals surface area contributed by atoms with E-state index in [0.29, 0.717) is 0 Å². The molecule has 0 bridgehead atoms. The summed E-state index contributed by atoms with van der Waals surface area (Å²) in [4.78, 5) is 9.65. The van der Waals surface area contributed by atoms with Crippen molar-refractivity contribution in [3.8, 4) is 34.5 Å². The smallest absolute Gasteiger partial charge is 0.241 e. The van der Waals surface area contributed by atoms with Crippen LogP contribution in [0.3, 0.4) is 0 Å². The molecule has 80 heavy (non-hydrogen) atoms. The number of aromatic nitrogens is 6. The normalized spacial score (nSPS) is 11.9. The third kappa shape index (κ3) is 6.95. The standard InChI is InChI=1S/C72H49BN6O/c1-46-44-53(80-52-18-4-3-5-19-52)45-47(2)72(46)73(48-30-34-50(35-31-48)76-58-24-10-6-20-54(58)68-62(76)38-40-64-70(68)56-22-8-12-26-60(56)78(64)66-28-14-16-42-74-66)49-32-36-51(37-33-49)77-59-25-11-7-21-55(59)69-63(77)39-41-65-71(69)57-23-9-13-27-61(57)79(65)67-29-15-17-43-75-67/h3-45H,1-2H3. The first-order valence-corrected chi connectivity index (χ1v) is 27.3. The number of ether oxygens (including phenoxy) is 1. The molecular formula is C72H49BN6O. The summed E-state index contributed by atoms with van der Waals surface area (Å²) >= 11 is 0. The maximum atomic E-state index is 6.47. The molecule has 16 rings (SSSR count). The van der Waals surface area contributed by atoms with E-state index in [1.54, 1.807) is 0 Å². The zero-order chi connectivity index (χ0) is 53.0. The van der Waals surface area contributed by atoms with Crippen LogP contribution in [0.5, 0.6) is 11.5 Å². The van der Waals surface area contributed by atoms with Gasteiger partial charge >= 0.3 is 0 Å². The molecule has 0 radical (unpaired) electrons. The summed E-state index contributed by atoms with van der Waals surface area (Å²) in [5.74, 6) is 3.45. The third-order valence-electron chi connectivity index (χ3n) is 16.5. The van der Waals surface area contributed by atoms with Gasteiger partial charge in [-0.25, -0.2) is 9.97 Å². The van der Waals surface area contributed by atoms with Crippen LogP contribution in [0.2, 0.25) is 0 Å². The van der Waals surface area contributed by atoms with Crippen molar-refractivity contribution >= 4 is 110 Å². The van der Waals surface area contributed by atoms with Gasteiger partial charge in [0, 0.05) is 66.9 Å². The maximum Gasteiger partial charge on any atom is 0.241 e. The van der Waals surface area contributed by atoms with Gasteiger partial charge in [0.2, 0.25) is 6.71 Å². The van der Waals surface area contributed by atoms with Crippen molar-refractivity contribution in [3.05, 3.63) is 272 Å². The molecule has 0 aliphatic rings. The second kappa shape index (κ2) is 18.1. The summed E-state index contributed by atoms with van der Waals surface area (Å²) in [6, 6.07) is 89.5. The monoisotopic (exact) mass is 1020 g/mol. The zero-order valence-electron chi connectivity index (χ0n) is 44.0. The van der Waals surface area contributed by atoms with Crippen LogP contribution in [0.25, 0.3) is 110 Å². The van der Waals surface area contributed by atoms with Crippen LogP contribution < -0.4 is 21.1 Å². The van der Waals surface area contributed by atoms with Gasteiger partial charge in [-0.1, -0.05) is 155 Å². The van der Waals surface area contributed by atoms with Crippen molar-refractivity contribution in [2.24, 2.45) is 0 Å². The van der Waals surface area contributed by atoms with E-state index in [1.165, 1.54) is 70.6 Å². The molecule has 8 heteroatoms. The first-order valence-electron chi connectivity index (χ1n) is 27.3. The predicted octanol–water partition coefficient (Wildman–Crippen LogP) is 15.8. The van der Waals surface area contributed by atoms with Crippen molar-refractivity contribution in [2.75, 3.05) is 0 Å². The second-order valence-electron chi connectivity index (χ2n) is 21.0. The molecule has 0 unspecified atom stereocenters. The lowest BCUT2D eigenvalue weighted by Crippen LogP contribution is -2.54. The van der Waals surface area contributed by atoms with Gasteiger partial charge in [0.1, 0.15) is 23.1 Å². The quantitative estimate of drug-likeness (QED) is 0.135. The SMILES string of the molecule is Cc1cc(Oc2ccccc2)cc(C)c1B(c1ccc(-n2c3ccccc3c3c4c5ccccc5n(-c5ccccn5)c4ccc32)cc1)c1ccc(-n2c3ccccc3c3c4c5ccccc5n(-c5ccccn5)c4ccc32)cc1. The Labute approximate surface area is 461 Å². The molecule has 0 N–H and O–H groups in total. The minimum absolute atomic E-state index is 0.0881. The summed E-state index contributed by atoms with van der Waals surface area (Å²) in [6.45, 7) is 4.36. The Morgan fingerprint density at radius 1 is 0.312 bits per heavy atom. The van der Waals surface area contributed by atoms with Gasteiger partial charge in [-0.05, 0) is 135 Å². The summed E-state index contributed by atoms with van der Waals surface area (Å²) < 4.78 is 15.9. The highest BCUT2D eigenvalue weighted by Crippen LogP contribution is 2.44. The van der Waals surface area contributed by atoms with E-state index >= 15 is 0 Å². The number of nitrogens with zero attached hydrogens (tertiary/aromatic N) is 6. The van der Waals surface area contributed by atoms with Gasteiger partial charge in [0.25, 0.3) is 0 Å². The highest BCUT2D eigenvalue weighted by molar-refractivity contribution is 6.96. The molecule has 0 saturated heterocycles. The summed E-state index contributed by atoms with van der Waals surface area (Å²) in [5, 5.41) is 9.77. The van der Waals surface area contributed by atoms with Crippen molar-refractivity contribution in [3.63, 3.8) is 0 Å². The number of fused-ring (bicyclic) bond motifs is 14. The van der Waals surface area contributed by atoms with Gasteiger partial charge in [-0.3, -0.25) is 9.13 Å². The number of aryl methyl sites for hydroxylation is 2. The molecule has 16 aromatic rings. The molecule has 0 saturated carbocycles. The second-order valence-corrected chi connectivity index (χ2v) is 21.0. The topological polar surface area (TPSA) is 54.7 Å². The molecule has 10 aromatic carbocycles. The molecule has 6 heterocycles. The molecule has 0 amide bonds. The van der Waals surface area contributed by atoms with E-state index < -0.39 is 0 Å². The number of pyridine rings is 2. The van der Waals surface area contributed by atoms with Crippen molar-refractivity contribution in [1.82, 2.24) is 28.2 Å². The van der Waals surface area contributed by atoms with Gasteiger partial charge in [-0.2, -0.15) is 0 Å². The van der Waals surface area contributed by atoms with Gasteiger partial charge < -0.3 is 13.9 Å². The van der Waals surface area contributed by atoms with Crippen LogP contribution in [0, 0.1) is 13.8 Å². The maximum absolute atomic E-state index is 6.47. The first kappa shape index (κ1) is 45.7. The van der Waals surface area contributed by atoms with Crippen LogP contribution in [-0.4, -0.2) is 34.9 Å². The number of para-hydroxylation sites is 5. The Kier molecular flexibility index (Phi) is 10.3. The Bertz CT molecular complexity index is 4800. The van der Waals surface area contributed by atoms with E-state index in [-0.39, 0.29) is 6.71 Å². The van der Waals surface area contributed by atoms with Crippen molar-refractivity contribution < 1.29 is 4.74 Å². The summed E-state index contributed by atoms with van der Waals surface area (Å²) in [6.07, 6.45) is 3.74. The highest BCUT2D eigenvalue weighted by atomic mass is 16.5. The van der Waals surface area contributed by atoms with Crippen LogP contribution in [-0.2, 0) is 0 Å². The molecule has 0 aliphatic heterocycles. The molecular weight excluding hydrogens is 976 g/mol. The average Bonchev–Trinajstić information content (AvgIpc) is 4.41. The molecule has 6 aromatic heterocycles. The number of benzene rings is 10. The molecule has 7 nitrogen and oxygen atoms in total. The minimum atomic E-state index is -0.0881. The molecule has 0 fully saturated rings. The lowest BCUT2D eigenvalue weighted by molar-refractivity contribution is 0.482. The Hall–Kier alpha value is -10.4. The van der Waals surface area contributed by atoms with E-state index in [9.17, 15) is 0 Å². The zero-order valence-corrected chi connectivity index (χ0v) is 44.0. The fourth-order valence-electron chi connectivity index (χ4n) is 13.3. The number of hydrogen-bond acceptors (Lipinski definition) is 3. The van der Waals surface area contributed by atoms with Crippen molar-refractivity contribution in [1.29, 1.82) is 0 Å². The van der Waals surface area contributed by atoms with E-state index in [4.69, 9.17) is 14.7 Å². The lowest BCUT2D eigenvalue weighted by atomic mass is 9.35. The number of hydrogen-bond donors (Lipinski definition) is 0. The molecule has 0 atom stereocenters. The Morgan fingerprint density at radius 3 is 1.05 bits per heavy atom. The molecule has 0 spiro atoms. The number of rotatable bonds is 9. The van der Waals surface area contributed by atoms with Crippen LogP contribution in [0.4, 0.5) is 0 Å². The van der Waals surface area contributed by atoms with Gasteiger partial charge in [0.15, 0.2) is 0 Å². The van der Waals surface area contributed by atoms with E-state index in [0.717, 1.165) is 78.6 Å².